The molecule has 3 heteroatoms. The Hall–Kier alpha value is -2.55. The van der Waals surface area contributed by atoms with Crippen LogP contribution in [0.5, 0.6) is 0 Å². The molecule has 2 aromatic rings. The van der Waals surface area contributed by atoms with Gasteiger partial charge in [0.1, 0.15) is 0 Å². The van der Waals surface area contributed by atoms with E-state index in [1.807, 2.05) is 31.2 Å². The summed E-state index contributed by atoms with van der Waals surface area (Å²) in [5, 5.41) is 0. The molecular formula is C29H39NO2. The van der Waals surface area contributed by atoms with E-state index >= 15 is 0 Å². The molecule has 0 fully saturated rings. The maximum absolute atomic E-state index is 12.1. The number of allylic oxidation sites excluding steroid dienone is 2. The van der Waals surface area contributed by atoms with Crippen LogP contribution in [-0.2, 0) is 10.2 Å². The van der Waals surface area contributed by atoms with E-state index < -0.39 is 0 Å². The van der Waals surface area contributed by atoms with Crippen LogP contribution in [-0.4, -0.2) is 19.1 Å². The molecule has 0 atom stereocenters. The molecule has 2 aromatic carbocycles. The molecule has 0 saturated carbocycles. The van der Waals surface area contributed by atoms with Gasteiger partial charge in [-0.3, -0.25) is 0 Å². The van der Waals surface area contributed by atoms with Gasteiger partial charge in [-0.05, 0) is 96.2 Å². The Morgan fingerprint density at radius 2 is 1.75 bits per heavy atom. The van der Waals surface area contributed by atoms with E-state index in [-0.39, 0.29) is 16.8 Å². The lowest BCUT2D eigenvalue weighted by Crippen LogP contribution is -2.27. The molecule has 0 aromatic heterocycles. The molecule has 32 heavy (non-hydrogen) atoms. The molecule has 0 amide bonds. The monoisotopic (exact) mass is 433 g/mol. The fourth-order valence-electron chi connectivity index (χ4n) is 4.66. The average molecular weight is 434 g/mol. The predicted octanol–water partition coefficient (Wildman–Crippen LogP) is 7.83. The molecule has 0 heterocycles. The largest absolute Gasteiger partial charge is 0.462 e. The van der Waals surface area contributed by atoms with Gasteiger partial charge in [-0.15, -0.1) is 0 Å². The number of carbonyl (C=O) groups is 1. The van der Waals surface area contributed by atoms with Gasteiger partial charge in [0.2, 0.25) is 0 Å². The third kappa shape index (κ3) is 4.77. The van der Waals surface area contributed by atoms with Crippen LogP contribution in [0.2, 0.25) is 0 Å². The molecule has 0 N–H and O–H groups in total. The van der Waals surface area contributed by atoms with Gasteiger partial charge in [0.15, 0.2) is 0 Å². The minimum atomic E-state index is -0.269. The Kier molecular flexibility index (Phi) is 6.88. The molecule has 1 aliphatic rings. The topological polar surface area (TPSA) is 29.5 Å². The number of rotatable bonds is 6. The van der Waals surface area contributed by atoms with Crippen molar-refractivity contribution >= 4 is 22.9 Å². The number of benzene rings is 2. The summed E-state index contributed by atoms with van der Waals surface area (Å²) >= 11 is 0. The SMILES string of the molecule is CCCN(c1ccc(C(=O)OCC)cc1)c1cc2c(cc1C)C(C(C)(C)C)=CCC2(C)C. The summed E-state index contributed by atoms with van der Waals surface area (Å²) in [6.07, 6.45) is 4.53. The van der Waals surface area contributed by atoms with Crippen molar-refractivity contribution in [3.8, 4) is 0 Å². The van der Waals surface area contributed by atoms with Gasteiger partial charge in [0, 0.05) is 17.9 Å². The summed E-state index contributed by atoms with van der Waals surface area (Å²) < 4.78 is 5.14. The number of nitrogens with zero attached hydrogens (tertiary/aromatic N) is 1. The van der Waals surface area contributed by atoms with Gasteiger partial charge in [-0.2, -0.15) is 0 Å². The molecule has 1 aliphatic carbocycles. The number of aryl methyl sites for hydroxylation is 1. The van der Waals surface area contributed by atoms with Crippen LogP contribution in [0.3, 0.4) is 0 Å². The van der Waals surface area contributed by atoms with Crippen LogP contribution >= 0.6 is 0 Å². The molecule has 0 aliphatic heterocycles. The second-order valence-corrected chi connectivity index (χ2v) is 10.6. The summed E-state index contributed by atoms with van der Waals surface area (Å²) in [6, 6.07) is 12.6. The first-order valence-electron chi connectivity index (χ1n) is 11.9. The lowest BCUT2D eigenvalue weighted by molar-refractivity contribution is 0.0526. The summed E-state index contributed by atoms with van der Waals surface area (Å²) in [7, 11) is 0. The van der Waals surface area contributed by atoms with E-state index in [1.165, 1.54) is 28.0 Å². The summed E-state index contributed by atoms with van der Waals surface area (Å²) in [4.78, 5) is 14.5. The lowest BCUT2D eigenvalue weighted by Gasteiger charge is -2.38. The highest BCUT2D eigenvalue weighted by molar-refractivity contribution is 5.90. The highest BCUT2D eigenvalue weighted by Crippen LogP contribution is 2.47. The number of hydrogen-bond acceptors (Lipinski definition) is 3. The fraction of sp³-hybridized carbons (Fsp3) is 0.483. The second-order valence-electron chi connectivity index (χ2n) is 10.6. The molecule has 0 bridgehead atoms. The normalized spacial score (nSPS) is 15.1. The summed E-state index contributed by atoms with van der Waals surface area (Å²) in [5.74, 6) is -0.269. The van der Waals surface area contributed by atoms with Crippen molar-refractivity contribution in [2.75, 3.05) is 18.1 Å². The average Bonchev–Trinajstić information content (AvgIpc) is 2.71. The Bertz CT molecular complexity index is 1010. The van der Waals surface area contributed by atoms with E-state index in [9.17, 15) is 4.79 Å². The maximum atomic E-state index is 12.1. The molecule has 0 spiro atoms. The number of fused-ring (bicyclic) bond motifs is 1. The minimum absolute atomic E-state index is 0.0954. The van der Waals surface area contributed by atoms with Crippen LogP contribution in [0, 0.1) is 12.3 Å². The van der Waals surface area contributed by atoms with E-state index in [1.54, 1.807) is 0 Å². The van der Waals surface area contributed by atoms with Crippen LogP contribution in [0.4, 0.5) is 11.4 Å². The Morgan fingerprint density at radius 1 is 1.09 bits per heavy atom. The van der Waals surface area contributed by atoms with Gasteiger partial charge in [-0.25, -0.2) is 4.79 Å². The Morgan fingerprint density at radius 3 is 2.31 bits per heavy atom. The van der Waals surface area contributed by atoms with Crippen molar-refractivity contribution in [1.82, 2.24) is 0 Å². The standard InChI is InChI=1S/C29H39NO2/c1-9-17-30(22-13-11-21(12-14-22)27(31)32-10-2)26-19-25-23(18-20(26)3)24(28(4,5)6)15-16-29(25,7)8/h11-15,18-19H,9-10,16-17H2,1-8H3. The number of carbonyl (C=O) groups excluding carboxylic acids is 1. The molecule has 0 saturated heterocycles. The first kappa shape index (κ1) is 24.1. The Balaban J connectivity index is 2.09. The first-order chi connectivity index (χ1) is 15.0. The number of esters is 1. The smallest absolute Gasteiger partial charge is 0.338 e. The van der Waals surface area contributed by atoms with Gasteiger partial charge >= 0.3 is 5.97 Å². The zero-order valence-electron chi connectivity index (χ0n) is 21.1. The van der Waals surface area contributed by atoms with E-state index in [0.717, 1.165) is 25.1 Å². The highest BCUT2D eigenvalue weighted by atomic mass is 16.5. The third-order valence-corrected chi connectivity index (χ3v) is 6.41. The Labute approximate surface area is 194 Å². The molecule has 0 radical (unpaired) electrons. The fourth-order valence-corrected chi connectivity index (χ4v) is 4.66. The van der Waals surface area contributed by atoms with Crippen molar-refractivity contribution < 1.29 is 9.53 Å². The van der Waals surface area contributed by atoms with Crippen LogP contribution in [0.1, 0.15) is 88.4 Å². The van der Waals surface area contributed by atoms with Crippen LogP contribution in [0.15, 0.2) is 42.5 Å². The minimum Gasteiger partial charge on any atom is -0.462 e. The van der Waals surface area contributed by atoms with E-state index in [2.05, 4.69) is 71.6 Å². The second kappa shape index (κ2) is 9.13. The summed E-state index contributed by atoms with van der Waals surface area (Å²) in [5.41, 5.74) is 8.69. The van der Waals surface area contributed by atoms with Gasteiger partial charge in [0.25, 0.3) is 0 Å². The van der Waals surface area contributed by atoms with Crippen LogP contribution in [0.25, 0.3) is 5.57 Å². The quantitative estimate of drug-likeness (QED) is 0.435. The first-order valence-corrected chi connectivity index (χ1v) is 11.9. The maximum Gasteiger partial charge on any atom is 0.338 e. The van der Waals surface area contributed by atoms with E-state index in [4.69, 9.17) is 4.74 Å². The number of anilines is 2. The number of ether oxygens (including phenoxy) is 1. The van der Waals surface area contributed by atoms with Gasteiger partial charge < -0.3 is 9.64 Å². The van der Waals surface area contributed by atoms with Crippen molar-refractivity contribution in [2.24, 2.45) is 5.41 Å². The zero-order chi connectivity index (χ0) is 23.7. The molecule has 172 valence electrons. The molecule has 3 rings (SSSR count). The van der Waals surface area contributed by atoms with Gasteiger partial charge in [0.05, 0.1) is 12.2 Å². The van der Waals surface area contributed by atoms with Crippen molar-refractivity contribution in [2.45, 2.75) is 73.6 Å². The third-order valence-electron chi connectivity index (χ3n) is 6.41. The molecule has 3 nitrogen and oxygen atoms in total. The predicted molar refractivity (Wildman–Crippen MR) is 136 cm³/mol. The molecule has 0 unspecified atom stereocenters. The highest BCUT2D eigenvalue weighted by Gasteiger charge is 2.33. The lowest BCUT2D eigenvalue weighted by atomic mass is 9.68. The van der Waals surface area contributed by atoms with Crippen molar-refractivity contribution in [3.63, 3.8) is 0 Å². The van der Waals surface area contributed by atoms with Gasteiger partial charge in [-0.1, -0.05) is 47.6 Å². The number of hydrogen-bond donors (Lipinski definition) is 0. The zero-order valence-corrected chi connectivity index (χ0v) is 21.1. The van der Waals surface area contributed by atoms with E-state index in [0.29, 0.717) is 12.2 Å². The summed E-state index contributed by atoms with van der Waals surface area (Å²) in [6.45, 7) is 19.2. The van der Waals surface area contributed by atoms with Crippen molar-refractivity contribution in [1.29, 1.82) is 0 Å². The molecular weight excluding hydrogens is 394 g/mol. The van der Waals surface area contributed by atoms with Crippen molar-refractivity contribution in [3.05, 3.63) is 64.7 Å². The van der Waals surface area contributed by atoms with Crippen LogP contribution < -0.4 is 4.90 Å².